The molecule has 1 saturated heterocycles. The Morgan fingerprint density at radius 1 is 1.13 bits per heavy atom. The lowest BCUT2D eigenvalue weighted by atomic mass is 10.0. The highest BCUT2D eigenvalue weighted by atomic mass is 19.1. The summed E-state index contributed by atoms with van der Waals surface area (Å²) in [6.45, 7) is 3.19. The molecular weight excluding hydrogens is 501 g/mol. The Balaban J connectivity index is 1.52. The van der Waals surface area contributed by atoms with Gasteiger partial charge in [-0.05, 0) is 73.9 Å². The monoisotopic (exact) mass is 531 g/mol. The number of carbonyl (C=O) groups is 2. The maximum atomic E-state index is 14.0. The van der Waals surface area contributed by atoms with Gasteiger partial charge in [0.1, 0.15) is 29.7 Å². The van der Waals surface area contributed by atoms with Gasteiger partial charge >= 0.3 is 0 Å². The second-order valence-electron chi connectivity index (χ2n) is 9.26. The fourth-order valence-electron chi connectivity index (χ4n) is 4.72. The van der Waals surface area contributed by atoms with Crippen molar-refractivity contribution in [2.45, 2.75) is 38.5 Å². The molecule has 0 radical (unpaired) electrons. The average molecular weight is 532 g/mol. The van der Waals surface area contributed by atoms with E-state index in [9.17, 15) is 14.0 Å². The summed E-state index contributed by atoms with van der Waals surface area (Å²) in [6.07, 6.45) is 1.72. The van der Waals surface area contributed by atoms with Crippen molar-refractivity contribution in [1.82, 2.24) is 20.3 Å². The fourth-order valence-corrected chi connectivity index (χ4v) is 4.72. The number of halogens is 1. The standard InChI is InChI=1S/C29H30FN5O4/c1-2-38-23-15-9-20(10-16-23)28(29(37)31-18-24-6-5-17-39-24)35(22-13-11-21(30)12-14-22)27(36)19-34-26-8-4-3-7-25(26)32-33-34/h3-4,7-16,24,28H,2,5-6,17-19H2,1H3,(H,31,37)/t24-,28-/m1/s1. The first-order chi connectivity index (χ1) is 19.0. The average Bonchev–Trinajstić information content (AvgIpc) is 3.62. The normalized spacial score (nSPS) is 15.7. The van der Waals surface area contributed by atoms with E-state index in [1.165, 1.54) is 33.8 Å². The molecule has 2 heterocycles. The molecule has 0 aliphatic carbocycles. The summed E-state index contributed by atoms with van der Waals surface area (Å²) < 4.78 is 26.6. The summed E-state index contributed by atoms with van der Waals surface area (Å²) in [5, 5.41) is 11.3. The molecule has 39 heavy (non-hydrogen) atoms. The van der Waals surface area contributed by atoms with Crippen molar-refractivity contribution in [3.8, 4) is 5.75 Å². The van der Waals surface area contributed by atoms with Crippen molar-refractivity contribution in [1.29, 1.82) is 0 Å². The van der Waals surface area contributed by atoms with Crippen LogP contribution in [0.2, 0.25) is 0 Å². The van der Waals surface area contributed by atoms with Gasteiger partial charge in [-0.1, -0.05) is 29.5 Å². The molecule has 9 nitrogen and oxygen atoms in total. The smallest absolute Gasteiger partial charge is 0.249 e. The van der Waals surface area contributed by atoms with Gasteiger partial charge in [0.25, 0.3) is 0 Å². The Kier molecular flexibility index (Phi) is 8.12. The van der Waals surface area contributed by atoms with E-state index in [0.29, 0.717) is 47.8 Å². The van der Waals surface area contributed by atoms with Gasteiger partial charge in [-0.3, -0.25) is 14.5 Å². The lowest BCUT2D eigenvalue weighted by Crippen LogP contribution is -2.46. The number of rotatable bonds is 10. The van der Waals surface area contributed by atoms with Gasteiger partial charge in [0, 0.05) is 18.8 Å². The second kappa shape index (κ2) is 12.0. The van der Waals surface area contributed by atoms with Crippen LogP contribution in [0.4, 0.5) is 10.1 Å². The van der Waals surface area contributed by atoms with Crippen molar-refractivity contribution in [3.05, 3.63) is 84.2 Å². The summed E-state index contributed by atoms with van der Waals surface area (Å²) in [7, 11) is 0. The van der Waals surface area contributed by atoms with Gasteiger partial charge in [-0.2, -0.15) is 0 Å². The number of nitrogens with zero attached hydrogens (tertiary/aromatic N) is 4. The van der Waals surface area contributed by atoms with Crippen LogP contribution in [-0.2, 0) is 20.9 Å². The van der Waals surface area contributed by atoms with E-state index in [1.807, 2.05) is 31.2 Å². The maximum Gasteiger partial charge on any atom is 0.249 e. The zero-order valence-electron chi connectivity index (χ0n) is 21.6. The fraction of sp³-hybridized carbons (Fsp3) is 0.310. The minimum absolute atomic E-state index is 0.0774. The SMILES string of the molecule is CCOc1ccc([C@H](C(=O)NC[C@H]2CCCO2)N(C(=O)Cn2nnc3ccccc32)c2ccc(F)cc2)cc1. The number of ether oxygens (including phenoxy) is 2. The van der Waals surface area contributed by atoms with E-state index in [4.69, 9.17) is 9.47 Å². The maximum absolute atomic E-state index is 14.0. The number of fused-ring (bicyclic) bond motifs is 1. The topological polar surface area (TPSA) is 98.6 Å². The van der Waals surface area contributed by atoms with Crippen molar-refractivity contribution in [2.75, 3.05) is 24.7 Å². The summed E-state index contributed by atoms with van der Waals surface area (Å²) in [5.74, 6) is -0.596. The van der Waals surface area contributed by atoms with Crippen LogP contribution in [-0.4, -0.2) is 52.7 Å². The molecule has 1 N–H and O–H groups in total. The Bertz CT molecular complexity index is 1420. The Labute approximate surface area is 225 Å². The molecule has 10 heteroatoms. The number of carbonyl (C=O) groups excluding carboxylic acids is 2. The lowest BCUT2D eigenvalue weighted by molar-refractivity contribution is -0.127. The minimum atomic E-state index is -1.05. The molecular formula is C29H30FN5O4. The number of hydrogen-bond acceptors (Lipinski definition) is 6. The minimum Gasteiger partial charge on any atom is -0.494 e. The Hall–Kier alpha value is -4.31. The third kappa shape index (κ3) is 6.06. The largest absolute Gasteiger partial charge is 0.494 e. The van der Waals surface area contributed by atoms with Crippen molar-refractivity contribution >= 4 is 28.5 Å². The highest BCUT2D eigenvalue weighted by Gasteiger charge is 2.34. The van der Waals surface area contributed by atoms with Crippen LogP contribution in [0.3, 0.4) is 0 Å². The van der Waals surface area contributed by atoms with E-state index < -0.39 is 17.8 Å². The van der Waals surface area contributed by atoms with Gasteiger partial charge in [0.2, 0.25) is 11.8 Å². The van der Waals surface area contributed by atoms with E-state index in [0.717, 1.165) is 12.8 Å². The first-order valence-corrected chi connectivity index (χ1v) is 13.0. The molecule has 1 aromatic heterocycles. The van der Waals surface area contributed by atoms with Gasteiger partial charge in [-0.25, -0.2) is 9.07 Å². The van der Waals surface area contributed by atoms with E-state index in [2.05, 4.69) is 15.6 Å². The van der Waals surface area contributed by atoms with E-state index in [-0.39, 0.29) is 18.6 Å². The van der Waals surface area contributed by atoms with E-state index in [1.54, 1.807) is 24.3 Å². The highest BCUT2D eigenvalue weighted by molar-refractivity contribution is 6.01. The van der Waals surface area contributed by atoms with E-state index >= 15 is 0 Å². The summed E-state index contributed by atoms with van der Waals surface area (Å²) in [4.78, 5) is 29.2. The molecule has 2 atom stereocenters. The van der Waals surface area contributed by atoms with Crippen LogP contribution in [0.1, 0.15) is 31.4 Å². The van der Waals surface area contributed by atoms with Crippen molar-refractivity contribution in [2.24, 2.45) is 0 Å². The number of aromatic nitrogens is 3. The summed E-state index contributed by atoms with van der Waals surface area (Å²) >= 11 is 0. The molecule has 1 fully saturated rings. The van der Waals surface area contributed by atoms with Crippen LogP contribution < -0.4 is 15.0 Å². The molecule has 0 spiro atoms. The van der Waals surface area contributed by atoms with Crippen molar-refractivity contribution < 1.29 is 23.5 Å². The number of nitrogens with one attached hydrogen (secondary N) is 1. The first kappa shape index (κ1) is 26.3. The van der Waals surface area contributed by atoms with Crippen molar-refractivity contribution in [3.63, 3.8) is 0 Å². The third-order valence-electron chi connectivity index (χ3n) is 6.62. The van der Waals surface area contributed by atoms with Gasteiger partial charge in [-0.15, -0.1) is 5.10 Å². The molecule has 0 saturated carbocycles. The number of benzene rings is 3. The molecule has 4 aromatic rings. The molecule has 5 rings (SSSR count). The number of para-hydroxylation sites is 1. The number of hydrogen-bond donors (Lipinski definition) is 1. The number of anilines is 1. The molecule has 202 valence electrons. The zero-order valence-corrected chi connectivity index (χ0v) is 21.6. The highest BCUT2D eigenvalue weighted by Crippen LogP contribution is 2.30. The molecule has 2 amide bonds. The predicted molar refractivity (Wildman–Crippen MR) is 144 cm³/mol. The lowest BCUT2D eigenvalue weighted by Gasteiger charge is -2.32. The molecule has 1 aliphatic rings. The number of amides is 2. The molecule has 0 bridgehead atoms. The van der Waals surface area contributed by atoms with Crippen LogP contribution in [0, 0.1) is 5.82 Å². The Morgan fingerprint density at radius 3 is 2.62 bits per heavy atom. The Morgan fingerprint density at radius 2 is 1.90 bits per heavy atom. The van der Waals surface area contributed by atoms with Crippen LogP contribution in [0.25, 0.3) is 11.0 Å². The third-order valence-corrected chi connectivity index (χ3v) is 6.62. The second-order valence-corrected chi connectivity index (χ2v) is 9.26. The molecule has 3 aromatic carbocycles. The quantitative estimate of drug-likeness (QED) is 0.332. The molecule has 0 unspecified atom stereocenters. The summed E-state index contributed by atoms with van der Waals surface area (Å²) in [5.41, 5.74) is 2.28. The van der Waals surface area contributed by atoms with Gasteiger partial charge in [0.15, 0.2) is 0 Å². The predicted octanol–water partition coefficient (Wildman–Crippen LogP) is 4.04. The van der Waals surface area contributed by atoms with Crippen LogP contribution >= 0.6 is 0 Å². The zero-order chi connectivity index (χ0) is 27.2. The summed E-state index contributed by atoms with van der Waals surface area (Å²) in [6, 6.07) is 18.8. The van der Waals surface area contributed by atoms with Crippen LogP contribution in [0.5, 0.6) is 5.75 Å². The van der Waals surface area contributed by atoms with Crippen LogP contribution in [0.15, 0.2) is 72.8 Å². The first-order valence-electron chi connectivity index (χ1n) is 13.0. The van der Waals surface area contributed by atoms with Gasteiger partial charge in [0.05, 0.1) is 18.2 Å². The molecule has 1 aliphatic heterocycles. The van der Waals surface area contributed by atoms with Gasteiger partial charge < -0.3 is 14.8 Å².